The van der Waals surface area contributed by atoms with Crippen LogP contribution >= 0.6 is 12.4 Å². The van der Waals surface area contributed by atoms with E-state index in [4.69, 9.17) is 0 Å². The fourth-order valence-electron chi connectivity index (χ4n) is 1.40. The molecule has 0 bridgehead atoms. The van der Waals surface area contributed by atoms with E-state index in [-0.39, 0.29) is 18.6 Å². The Morgan fingerprint density at radius 1 is 1.00 bits per heavy atom. The standard InChI is InChI=1S/C11H16.ClH.H3N/c1-5-11-7-6-8(2)9(3)10(11)4;;/h6-7H,5H2,1-4H3;1H;1H3. The van der Waals surface area contributed by atoms with Crippen LogP contribution in [0.3, 0.4) is 0 Å². The zero-order valence-electron chi connectivity index (χ0n) is 8.98. The number of rotatable bonds is 1. The van der Waals surface area contributed by atoms with Crippen molar-refractivity contribution in [2.75, 3.05) is 0 Å². The Labute approximate surface area is 87.5 Å². The Morgan fingerprint density at radius 3 is 2.00 bits per heavy atom. The van der Waals surface area contributed by atoms with Gasteiger partial charge in [-0.15, -0.1) is 12.4 Å². The lowest BCUT2D eigenvalue weighted by Crippen LogP contribution is -1.92. The van der Waals surface area contributed by atoms with E-state index in [0.29, 0.717) is 0 Å². The van der Waals surface area contributed by atoms with E-state index in [9.17, 15) is 0 Å². The van der Waals surface area contributed by atoms with Crippen LogP contribution in [0.5, 0.6) is 0 Å². The molecule has 1 nitrogen and oxygen atoms in total. The number of hydrogen-bond donors (Lipinski definition) is 1. The molecule has 0 unspecified atom stereocenters. The van der Waals surface area contributed by atoms with Crippen molar-refractivity contribution in [3.63, 3.8) is 0 Å². The molecule has 1 aromatic carbocycles. The van der Waals surface area contributed by atoms with Crippen molar-refractivity contribution >= 4 is 12.4 Å². The minimum atomic E-state index is 0. The molecule has 76 valence electrons. The molecule has 0 atom stereocenters. The third-order valence-electron chi connectivity index (χ3n) is 2.55. The molecule has 0 saturated heterocycles. The maximum atomic E-state index is 2.23. The summed E-state index contributed by atoms with van der Waals surface area (Å²) in [6.07, 6.45) is 1.15. The average Bonchev–Trinajstić information content (AvgIpc) is 2.01. The third kappa shape index (κ3) is 3.02. The minimum absolute atomic E-state index is 0. The van der Waals surface area contributed by atoms with Gasteiger partial charge >= 0.3 is 0 Å². The summed E-state index contributed by atoms with van der Waals surface area (Å²) >= 11 is 0. The van der Waals surface area contributed by atoms with Gasteiger partial charge in [0.2, 0.25) is 0 Å². The molecule has 0 aromatic heterocycles. The van der Waals surface area contributed by atoms with Crippen LogP contribution in [0.1, 0.15) is 29.2 Å². The molecule has 1 aromatic rings. The van der Waals surface area contributed by atoms with E-state index in [0.717, 1.165) is 6.42 Å². The first-order chi connectivity index (χ1) is 5.16. The molecule has 0 aliphatic heterocycles. The number of hydrogen-bond acceptors (Lipinski definition) is 1. The Hall–Kier alpha value is -0.530. The average molecular weight is 202 g/mol. The summed E-state index contributed by atoms with van der Waals surface area (Å²) in [5.41, 5.74) is 5.80. The fraction of sp³-hybridized carbons (Fsp3) is 0.455. The second-order valence-corrected chi connectivity index (χ2v) is 3.15. The summed E-state index contributed by atoms with van der Waals surface area (Å²) in [6, 6.07) is 4.44. The van der Waals surface area contributed by atoms with Crippen molar-refractivity contribution in [1.82, 2.24) is 6.15 Å². The van der Waals surface area contributed by atoms with Crippen LogP contribution in [-0.2, 0) is 6.42 Å². The topological polar surface area (TPSA) is 35.0 Å². The highest BCUT2D eigenvalue weighted by molar-refractivity contribution is 5.85. The fourth-order valence-corrected chi connectivity index (χ4v) is 1.40. The highest BCUT2D eigenvalue weighted by atomic mass is 35.5. The van der Waals surface area contributed by atoms with Gasteiger partial charge in [0.15, 0.2) is 0 Å². The van der Waals surface area contributed by atoms with E-state index in [1.807, 2.05) is 0 Å². The van der Waals surface area contributed by atoms with Crippen molar-refractivity contribution in [2.45, 2.75) is 34.1 Å². The Balaban J connectivity index is 0. The molecule has 0 aliphatic rings. The zero-order valence-corrected chi connectivity index (χ0v) is 9.79. The molecule has 1 rings (SSSR count). The first-order valence-electron chi connectivity index (χ1n) is 4.22. The lowest BCUT2D eigenvalue weighted by molar-refractivity contribution is 1.08. The van der Waals surface area contributed by atoms with Crippen molar-refractivity contribution in [3.8, 4) is 0 Å². The second-order valence-electron chi connectivity index (χ2n) is 3.15. The molecule has 0 radical (unpaired) electrons. The minimum Gasteiger partial charge on any atom is -0.344 e. The number of aryl methyl sites for hydroxylation is 2. The number of halogens is 1. The first-order valence-corrected chi connectivity index (χ1v) is 4.22. The molecule has 0 saturated carbocycles. The maximum absolute atomic E-state index is 2.23. The van der Waals surface area contributed by atoms with E-state index in [1.54, 1.807) is 0 Å². The van der Waals surface area contributed by atoms with Crippen LogP contribution in [0.25, 0.3) is 0 Å². The summed E-state index contributed by atoms with van der Waals surface area (Å²) in [7, 11) is 0. The van der Waals surface area contributed by atoms with Gasteiger partial charge in [-0.25, -0.2) is 0 Å². The highest BCUT2D eigenvalue weighted by Gasteiger charge is 2.00. The van der Waals surface area contributed by atoms with E-state index in [1.165, 1.54) is 22.3 Å². The van der Waals surface area contributed by atoms with Crippen molar-refractivity contribution < 1.29 is 0 Å². The molecule has 13 heavy (non-hydrogen) atoms. The summed E-state index contributed by atoms with van der Waals surface area (Å²) < 4.78 is 0. The maximum Gasteiger partial charge on any atom is -0.0305 e. The van der Waals surface area contributed by atoms with E-state index in [2.05, 4.69) is 39.8 Å². The summed E-state index contributed by atoms with van der Waals surface area (Å²) in [5.74, 6) is 0. The number of benzene rings is 1. The summed E-state index contributed by atoms with van der Waals surface area (Å²) in [5, 5.41) is 0. The quantitative estimate of drug-likeness (QED) is 0.738. The Morgan fingerprint density at radius 2 is 1.54 bits per heavy atom. The SMILES string of the molecule is CCc1ccc(C)c(C)c1C.Cl.N. The normalized spacial score (nSPS) is 8.62. The Bertz CT molecular complexity index is 269. The molecular formula is C11H20ClN. The van der Waals surface area contributed by atoms with Crippen LogP contribution < -0.4 is 6.15 Å². The first kappa shape index (κ1) is 15.0. The predicted molar refractivity (Wildman–Crippen MR) is 62.3 cm³/mol. The van der Waals surface area contributed by atoms with Gasteiger partial charge in [0.05, 0.1) is 0 Å². The van der Waals surface area contributed by atoms with Gasteiger partial charge in [-0.2, -0.15) is 0 Å². The van der Waals surface area contributed by atoms with Gasteiger partial charge in [-0.3, -0.25) is 0 Å². The van der Waals surface area contributed by atoms with Crippen LogP contribution in [0.4, 0.5) is 0 Å². The van der Waals surface area contributed by atoms with Gasteiger partial charge in [0, 0.05) is 0 Å². The monoisotopic (exact) mass is 201 g/mol. The summed E-state index contributed by atoms with van der Waals surface area (Å²) in [4.78, 5) is 0. The Kier molecular flexibility index (Phi) is 6.91. The highest BCUT2D eigenvalue weighted by Crippen LogP contribution is 2.16. The van der Waals surface area contributed by atoms with Crippen LogP contribution in [0, 0.1) is 20.8 Å². The molecule has 0 amide bonds. The second kappa shape index (κ2) is 6.01. The molecular weight excluding hydrogens is 182 g/mol. The lowest BCUT2D eigenvalue weighted by atomic mass is 9.98. The van der Waals surface area contributed by atoms with Crippen LogP contribution in [0.15, 0.2) is 12.1 Å². The largest absolute Gasteiger partial charge is 0.344 e. The summed E-state index contributed by atoms with van der Waals surface area (Å²) in [6.45, 7) is 8.78. The zero-order chi connectivity index (χ0) is 8.43. The van der Waals surface area contributed by atoms with Gasteiger partial charge in [0.25, 0.3) is 0 Å². The molecule has 3 N–H and O–H groups in total. The van der Waals surface area contributed by atoms with Gasteiger partial charge in [-0.1, -0.05) is 19.1 Å². The predicted octanol–water partition coefficient (Wildman–Crippen LogP) is 3.76. The van der Waals surface area contributed by atoms with Crippen molar-refractivity contribution in [2.24, 2.45) is 0 Å². The molecule has 0 spiro atoms. The van der Waals surface area contributed by atoms with E-state index < -0.39 is 0 Å². The molecule has 0 heterocycles. The molecule has 0 aliphatic carbocycles. The van der Waals surface area contributed by atoms with Crippen LogP contribution in [0.2, 0.25) is 0 Å². The molecule has 0 fully saturated rings. The van der Waals surface area contributed by atoms with Gasteiger partial charge in [-0.05, 0) is 49.4 Å². The smallest absolute Gasteiger partial charge is 0.0305 e. The van der Waals surface area contributed by atoms with Gasteiger partial charge < -0.3 is 6.15 Å². The van der Waals surface area contributed by atoms with Crippen molar-refractivity contribution in [3.05, 3.63) is 34.4 Å². The third-order valence-corrected chi connectivity index (χ3v) is 2.55. The van der Waals surface area contributed by atoms with Crippen LogP contribution in [-0.4, -0.2) is 0 Å². The lowest BCUT2D eigenvalue weighted by Gasteiger charge is -2.08. The van der Waals surface area contributed by atoms with E-state index >= 15 is 0 Å². The molecule has 2 heteroatoms. The van der Waals surface area contributed by atoms with Crippen molar-refractivity contribution in [1.29, 1.82) is 0 Å². The van der Waals surface area contributed by atoms with Gasteiger partial charge in [0.1, 0.15) is 0 Å².